The third-order valence-electron chi connectivity index (χ3n) is 4.88. The lowest BCUT2D eigenvalue weighted by molar-refractivity contribution is 0.145. The van der Waals surface area contributed by atoms with E-state index in [4.69, 9.17) is 9.15 Å². The first-order chi connectivity index (χ1) is 14.1. The van der Waals surface area contributed by atoms with Crippen molar-refractivity contribution in [2.75, 3.05) is 19.8 Å². The van der Waals surface area contributed by atoms with Gasteiger partial charge in [0.15, 0.2) is 11.8 Å². The maximum absolute atomic E-state index is 6.00. The summed E-state index contributed by atoms with van der Waals surface area (Å²) in [4.78, 5) is 4.67. The first-order valence-corrected chi connectivity index (χ1v) is 10.0. The standard InChI is InChI=1S/C21H30N6O2/c1-5-28-12-8-11-22-21(24-14-20-26-25-16(3)27(20)4)23-13-19-15(2)17-9-6-7-10-18(17)29-19/h6-7,9-10H,5,8,11-14H2,1-4H3,(H2,22,23,24). The van der Waals surface area contributed by atoms with Crippen molar-refractivity contribution in [1.82, 2.24) is 25.4 Å². The number of para-hydroxylation sites is 1. The van der Waals surface area contributed by atoms with Crippen LogP contribution in [0, 0.1) is 13.8 Å². The fourth-order valence-electron chi connectivity index (χ4n) is 3.00. The summed E-state index contributed by atoms with van der Waals surface area (Å²) in [6.07, 6.45) is 0.904. The van der Waals surface area contributed by atoms with E-state index in [1.54, 1.807) is 0 Å². The summed E-state index contributed by atoms with van der Waals surface area (Å²) in [5.41, 5.74) is 2.05. The number of fused-ring (bicyclic) bond motifs is 1. The SMILES string of the molecule is CCOCCCNC(=NCc1nnc(C)n1C)NCc1oc2ccccc2c1C. The van der Waals surface area contributed by atoms with Crippen LogP contribution in [-0.2, 0) is 24.9 Å². The Balaban J connectivity index is 1.66. The van der Waals surface area contributed by atoms with Crippen LogP contribution in [0.4, 0.5) is 0 Å². The number of guanidine groups is 1. The van der Waals surface area contributed by atoms with Gasteiger partial charge in [-0.15, -0.1) is 10.2 Å². The molecule has 0 fully saturated rings. The number of benzene rings is 1. The van der Waals surface area contributed by atoms with Gasteiger partial charge in [-0.25, -0.2) is 4.99 Å². The predicted octanol–water partition coefficient (Wildman–Crippen LogP) is 2.84. The van der Waals surface area contributed by atoms with E-state index in [0.717, 1.165) is 60.1 Å². The van der Waals surface area contributed by atoms with Gasteiger partial charge in [0.2, 0.25) is 0 Å². The van der Waals surface area contributed by atoms with E-state index in [0.29, 0.717) is 19.0 Å². The zero-order valence-electron chi connectivity index (χ0n) is 17.7. The first kappa shape index (κ1) is 20.9. The first-order valence-electron chi connectivity index (χ1n) is 10.0. The average molecular weight is 399 g/mol. The van der Waals surface area contributed by atoms with E-state index < -0.39 is 0 Å². The van der Waals surface area contributed by atoms with E-state index in [1.807, 2.05) is 43.7 Å². The molecule has 0 radical (unpaired) electrons. The fourth-order valence-corrected chi connectivity index (χ4v) is 3.00. The molecule has 0 aliphatic carbocycles. The van der Waals surface area contributed by atoms with Gasteiger partial charge in [-0.05, 0) is 33.3 Å². The van der Waals surface area contributed by atoms with Crippen molar-refractivity contribution in [2.24, 2.45) is 12.0 Å². The molecule has 2 heterocycles. The average Bonchev–Trinajstić information content (AvgIpc) is 3.23. The van der Waals surface area contributed by atoms with Crippen LogP contribution in [0.2, 0.25) is 0 Å². The van der Waals surface area contributed by atoms with Crippen LogP contribution in [0.15, 0.2) is 33.7 Å². The molecule has 8 heteroatoms. The largest absolute Gasteiger partial charge is 0.459 e. The third kappa shape index (κ3) is 5.35. The van der Waals surface area contributed by atoms with Crippen molar-refractivity contribution >= 4 is 16.9 Å². The molecular weight excluding hydrogens is 368 g/mol. The van der Waals surface area contributed by atoms with Crippen molar-refractivity contribution in [3.05, 3.63) is 47.2 Å². The Morgan fingerprint density at radius 2 is 2.03 bits per heavy atom. The summed E-state index contributed by atoms with van der Waals surface area (Å²) < 4.78 is 13.3. The highest BCUT2D eigenvalue weighted by molar-refractivity contribution is 5.83. The van der Waals surface area contributed by atoms with Crippen molar-refractivity contribution in [1.29, 1.82) is 0 Å². The second kappa shape index (κ2) is 10.1. The molecule has 0 spiro atoms. The molecule has 0 aliphatic rings. The number of nitrogens with one attached hydrogen (secondary N) is 2. The minimum atomic E-state index is 0.442. The number of aryl methyl sites for hydroxylation is 2. The predicted molar refractivity (Wildman–Crippen MR) is 114 cm³/mol. The van der Waals surface area contributed by atoms with Gasteiger partial charge in [-0.3, -0.25) is 0 Å². The molecule has 0 aliphatic heterocycles. The summed E-state index contributed by atoms with van der Waals surface area (Å²) in [6.45, 7) is 9.22. The van der Waals surface area contributed by atoms with Gasteiger partial charge in [-0.2, -0.15) is 0 Å². The van der Waals surface area contributed by atoms with E-state index in [2.05, 4.69) is 38.8 Å². The molecule has 0 unspecified atom stereocenters. The molecular formula is C21H30N6O2. The second-order valence-electron chi connectivity index (χ2n) is 6.86. The van der Waals surface area contributed by atoms with Crippen molar-refractivity contribution < 1.29 is 9.15 Å². The van der Waals surface area contributed by atoms with Gasteiger partial charge in [0, 0.05) is 37.8 Å². The Labute approximate surface area is 171 Å². The molecule has 0 saturated heterocycles. The fraction of sp³-hybridized carbons (Fsp3) is 0.476. The number of nitrogens with zero attached hydrogens (tertiary/aromatic N) is 4. The maximum atomic E-state index is 6.00. The molecule has 0 bridgehead atoms. The van der Waals surface area contributed by atoms with Crippen LogP contribution in [-0.4, -0.2) is 40.5 Å². The summed E-state index contributed by atoms with van der Waals surface area (Å²) in [6, 6.07) is 8.08. The van der Waals surface area contributed by atoms with E-state index >= 15 is 0 Å². The quantitative estimate of drug-likeness (QED) is 0.327. The highest BCUT2D eigenvalue weighted by Gasteiger charge is 2.11. The van der Waals surface area contributed by atoms with Crippen LogP contribution in [0.1, 0.15) is 36.3 Å². The summed E-state index contributed by atoms with van der Waals surface area (Å²) in [7, 11) is 1.95. The van der Waals surface area contributed by atoms with Crippen molar-refractivity contribution in [2.45, 2.75) is 40.3 Å². The zero-order valence-corrected chi connectivity index (χ0v) is 17.7. The van der Waals surface area contributed by atoms with Gasteiger partial charge in [0.25, 0.3) is 0 Å². The maximum Gasteiger partial charge on any atom is 0.192 e. The second-order valence-corrected chi connectivity index (χ2v) is 6.86. The van der Waals surface area contributed by atoms with E-state index in [-0.39, 0.29) is 0 Å². The Bertz CT molecular complexity index is 959. The number of ether oxygens (including phenoxy) is 1. The van der Waals surface area contributed by atoms with Crippen LogP contribution in [0.25, 0.3) is 11.0 Å². The molecule has 0 saturated carbocycles. The van der Waals surface area contributed by atoms with Gasteiger partial charge in [0.05, 0.1) is 6.54 Å². The summed E-state index contributed by atoms with van der Waals surface area (Å²) in [5.74, 6) is 3.30. The van der Waals surface area contributed by atoms with Crippen molar-refractivity contribution in [3.8, 4) is 0 Å². The number of furan rings is 1. The lowest BCUT2D eigenvalue weighted by atomic mass is 10.1. The smallest absolute Gasteiger partial charge is 0.192 e. The van der Waals surface area contributed by atoms with Crippen LogP contribution >= 0.6 is 0 Å². The molecule has 156 valence electrons. The molecule has 0 amide bonds. The molecule has 2 N–H and O–H groups in total. The number of hydrogen-bond acceptors (Lipinski definition) is 5. The van der Waals surface area contributed by atoms with E-state index in [9.17, 15) is 0 Å². The molecule has 3 rings (SSSR count). The summed E-state index contributed by atoms with van der Waals surface area (Å²) >= 11 is 0. The van der Waals surface area contributed by atoms with Gasteiger partial charge < -0.3 is 24.4 Å². The van der Waals surface area contributed by atoms with Gasteiger partial charge in [-0.1, -0.05) is 18.2 Å². The lowest BCUT2D eigenvalue weighted by Gasteiger charge is -2.12. The molecule has 8 nitrogen and oxygen atoms in total. The number of aromatic nitrogens is 3. The third-order valence-corrected chi connectivity index (χ3v) is 4.88. The Morgan fingerprint density at radius 1 is 1.21 bits per heavy atom. The van der Waals surface area contributed by atoms with Gasteiger partial charge in [0.1, 0.15) is 23.7 Å². The van der Waals surface area contributed by atoms with Crippen LogP contribution < -0.4 is 10.6 Å². The molecule has 1 aromatic carbocycles. The Kier molecular flexibility index (Phi) is 7.24. The molecule has 0 atom stereocenters. The lowest BCUT2D eigenvalue weighted by Crippen LogP contribution is -2.38. The van der Waals surface area contributed by atoms with Gasteiger partial charge >= 0.3 is 0 Å². The Morgan fingerprint density at radius 3 is 2.76 bits per heavy atom. The molecule has 29 heavy (non-hydrogen) atoms. The zero-order chi connectivity index (χ0) is 20.6. The minimum Gasteiger partial charge on any atom is -0.459 e. The van der Waals surface area contributed by atoms with Crippen LogP contribution in [0.3, 0.4) is 0 Å². The van der Waals surface area contributed by atoms with Crippen LogP contribution in [0.5, 0.6) is 0 Å². The Hall–Kier alpha value is -2.87. The normalized spacial score (nSPS) is 11.9. The topological polar surface area (TPSA) is 89.5 Å². The number of hydrogen-bond donors (Lipinski definition) is 2. The molecule has 3 aromatic rings. The highest BCUT2D eigenvalue weighted by Crippen LogP contribution is 2.24. The molecule has 2 aromatic heterocycles. The summed E-state index contributed by atoms with van der Waals surface area (Å²) in [5, 5.41) is 16.1. The highest BCUT2D eigenvalue weighted by atomic mass is 16.5. The monoisotopic (exact) mass is 398 g/mol. The van der Waals surface area contributed by atoms with Crippen molar-refractivity contribution in [3.63, 3.8) is 0 Å². The number of aliphatic imine (C=N–C) groups is 1. The number of rotatable bonds is 9. The van der Waals surface area contributed by atoms with E-state index in [1.165, 1.54) is 0 Å². The minimum absolute atomic E-state index is 0.442.